The second-order valence-corrected chi connectivity index (χ2v) is 4.96. The molecule has 1 fully saturated rings. The van der Waals surface area contributed by atoms with Gasteiger partial charge in [0, 0.05) is 19.0 Å². The molecular formula is C15H22N2O2. The van der Waals surface area contributed by atoms with Crippen molar-refractivity contribution in [3.05, 3.63) is 23.8 Å². The van der Waals surface area contributed by atoms with Gasteiger partial charge in [0.1, 0.15) is 5.75 Å². The third-order valence-corrected chi connectivity index (χ3v) is 3.07. The number of hydrogen-bond donors (Lipinski definition) is 2. The van der Waals surface area contributed by atoms with Crippen LogP contribution in [-0.4, -0.2) is 25.1 Å². The summed E-state index contributed by atoms with van der Waals surface area (Å²) in [6.45, 7) is 5.28. The van der Waals surface area contributed by atoms with Crippen molar-refractivity contribution in [1.29, 1.82) is 0 Å². The van der Waals surface area contributed by atoms with Crippen LogP contribution < -0.4 is 15.4 Å². The molecular weight excluding hydrogens is 240 g/mol. The summed E-state index contributed by atoms with van der Waals surface area (Å²) in [6.07, 6.45) is 2.98. The molecule has 0 spiro atoms. The van der Waals surface area contributed by atoms with E-state index in [1.807, 2.05) is 32.0 Å². The van der Waals surface area contributed by atoms with Crippen molar-refractivity contribution < 1.29 is 9.53 Å². The molecule has 2 N–H and O–H groups in total. The summed E-state index contributed by atoms with van der Waals surface area (Å²) < 4.78 is 5.54. The lowest BCUT2D eigenvalue weighted by Crippen LogP contribution is -2.23. The lowest BCUT2D eigenvalue weighted by molar-refractivity contribution is -0.116. The highest BCUT2D eigenvalue weighted by molar-refractivity contribution is 5.92. The molecule has 1 aromatic carbocycles. The van der Waals surface area contributed by atoms with Crippen LogP contribution in [0.4, 0.5) is 5.69 Å². The van der Waals surface area contributed by atoms with Gasteiger partial charge < -0.3 is 15.4 Å². The summed E-state index contributed by atoms with van der Waals surface area (Å²) in [7, 11) is 0. The minimum absolute atomic E-state index is 0.0259. The quantitative estimate of drug-likeness (QED) is 0.793. The Kier molecular flexibility index (Phi) is 4.80. The van der Waals surface area contributed by atoms with E-state index < -0.39 is 0 Å². The molecule has 0 heterocycles. The number of carbonyl (C=O) groups is 1. The molecule has 0 aliphatic heterocycles. The zero-order valence-corrected chi connectivity index (χ0v) is 11.7. The van der Waals surface area contributed by atoms with Crippen LogP contribution >= 0.6 is 0 Å². The topological polar surface area (TPSA) is 50.4 Å². The van der Waals surface area contributed by atoms with Crippen LogP contribution in [0.5, 0.6) is 5.75 Å². The van der Waals surface area contributed by atoms with Crippen molar-refractivity contribution in [3.8, 4) is 5.75 Å². The average Bonchev–Trinajstić information content (AvgIpc) is 3.17. The van der Waals surface area contributed by atoms with E-state index in [-0.39, 0.29) is 5.91 Å². The first-order chi connectivity index (χ1) is 9.19. The van der Waals surface area contributed by atoms with Gasteiger partial charge in [-0.1, -0.05) is 6.07 Å². The number of carbonyl (C=O) groups excluding carboxylic acids is 1. The van der Waals surface area contributed by atoms with Gasteiger partial charge in [-0.15, -0.1) is 0 Å². The molecule has 1 saturated carbocycles. The van der Waals surface area contributed by atoms with E-state index in [0.717, 1.165) is 23.5 Å². The lowest BCUT2D eigenvalue weighted by atomic mass is 10.2. The van der Waals surface area contributed by atoms with Crippen LogP contribution in [0.3, 0.4) is 0 Å². The molecule has 0 radical (unpaired) electrons. The summed E-state index contributed by atoms with van der Waals surface area (Å²) in [4.78, 5) is 11.8. The molecule has 2 rings (SSSR count). The van der Waals surface area contributed by atoms with Gasteiger partial charge in [0.2, 0.25) is 5.91 Å². The first kappa shape index (κ1) is 13.9. The van der Waals surface area contributed by atoms with Gasteiger partial charge in [-0.3, -0.25) is 4.79 Å². The van der Waals surface area contributed by atoms with Crippen molar-refractivity contribution >= 4 is 11.6 Å². The zero-order chi connectivity index (χ0) is 13.7. The van der Waals surface area contributed by atoms with Crippen LogP contribution in [0.1, 0.15) is 31.7 Å². The first-order valence-electron chi connectivity index (χ1n) is 6.95. The second kappa shape index (κ2) is 6.57. The van der Waals surface area contributed by atoms with Crippen LogP contribution in [0, 0.1) is 6.92 Å². The Morgan fingerprint density at radius 2 is 2.21 bits per heavy atom. The molecule has 0 saturated heterocycles. The average molecular weight is 262 g/mol. The Bertz CT molecular complexity index is 442. The number of hydrogen-bond acceptors (Lipinski definition) is 3. The second-order valence-electron chi connectivity index (χ2n) is 4.96. The fourth-order valence-corrected chi connectivity index (χ4v) is 1.90. The highest BCUT2D eigenvalue weighted by Crippen LogP contribution is 2.25. The molecule has 0 atom stereocenters. The molecule has 4 nitrogen and oxygen atoms in total. The van der Waals surface area contributed by atoms with Gasteiger partial charge >= 0.3 is 0 Å². The standard InChI is InChI=1S/C15H22N2O2/c1-3-19-14-10-11(2)4-7-13(14)17-15(18)8-9-16-12-5-6-12/h4,7,10,12,16H,3,5-6,8-9H2,1-2H3,(H,17,18). The number of aryl methyl sites for hydroxylation is 1. The van der Waals surface area contributed by atoms with Gasteiger partial charge in [-0.05, 0) is 44.4 Å². The minimum Gasteiger partial charge on any atom is -0.492 e. The number of benzene rings is 1. The SMILES string of the molecule is CCOc1cc(C)ccc1NC(=O)CCNC1CC1. The summed E-state index contributed by atoms with van der Waals surface area (Å²) in [5.41, 5.74) is 1.88. The molecule has 0 bridgehead atoms. The molecule has 1 aromatic rings. The molecule has 0 aromatic heterocycles. The van der Waals surface area contributed by atoms with E-state index in [1.165, 1.54) is 12.8 Å². The summed E-state index contributed by atoms with van der Waals surface area (Å²) >= 11 is 0. The van der Waals surface area contributed by atoms with E-state index in [0.29, 0.717) is 19.1 Å². The Morgan fingerprint density at radius 1 is 1.42 bits per heavy atom. The summed E-state index contributed by atoms with van der Waals surface area (Å²) in [5.74, 6) is 0.768. The Morgan fingerprint density at radius 3 is 2.89 bits per heavy atom. The van der Waals surface area contributed by atoms with Crippen LogP contribution in [0.25, 0.3) is 0 Å². The number of nitrogens with one attached hydrogen (secondary N) is 2. The fourth-order valence-electron chi connectivity index (χ4n) is 1.90. The number of ether oxygens (including phenoxy) is 1. The third kappa shape index (κ3) is 4.56. The Hall–Kier alpha value is -1.55. The molecule has 19 heavy (non-hydrogen) atoms. The number of amides is 1. The molecule has 1 amide bonds. The first-order valence-corrected chi connectivity index (χ1v) is 6.95. The highest BCUT2D eigenvalue weighted by atomic mass is 16.5. The maximum absolute atomic E-state index is 11.8. The van der Waals surface area contributed by atoms with Crippen molar-refractivity contribution in [2.24, 2.45) is 0 Å². The van der Waals surface area contributed by atoms with Gasteiger partial charge in [0.05, 0.1) is 12.3 Å². The maximum atomic E-state index is 11.8. The van der Waals surface area contributed by atoms with E-state index in [4.69, 9.17) is 4.74 Å². The number of rotatable bonds is 7. The minimum atomic E-state index is 0.0259. The van der Waals surface area contributed by atoms with Gasteiger partial charge in [-0.25, -0.2) is 0 Å². The molecule has 104 valence electrons. The molecule has 1 aliphatic carbocycles. The molecule has 1 aliphatic rings. The van der Waals surface area contributed by atoms with Crippen LogP contribution in [0.2, 0.25) is 0 Å². The fraction of sp³-hybridized carbons (Fsp3) is 0.533. The van der Waals surface area contributed by atoms with Crippen molar-refractivity contribution in [2.45, 2.75) is 39.2 Å². The van der Waals surface area contributed by atoms with E-state index in [9.17, 15) is 4.79 Å². The van der Waals surface area contributed by atoms with E-state index in [1.54, 1.807) is 0 Å². The summed E-state index contributed by atoms with van der Waals surface area (Å²) in [6, 6.07) is 6.46. The maximum Gasteiger partial charge on any atom is 0.225 e. The normalized spacial score (nSPS) is 14.2. The molecule has 0 unspecified atom stereocenters. The van der Waals surface area contributed by atoms with Gasteiger partial charge in [0.15, 0.2) is 0 Å². The lowest BCUT2D eigenvalue weighted by Gasteiger charge is -2.12. The Balaban J connectivity index is 1.87. The zero-order valence-electron chi connectivity index (χ0n) is 11.7. The largest absolute Gasteiger partial charge is 0.492 e. The monoisotopic (exact) mass is 262 g/mol. The van der Waals surface area contributed by atoms with E-state index in [2.05, 4.69) is 10.6 Å². The third-order valence-electron chi connectivity index (χ3n) is 3.07. The summed E-state index contributed by atoms with van der Waals surface area (Å²) in [5, 5.41) is 6.24. The van der Waals surface area contributed by atoms with Gasteiger partial charge in [0.25, 0.3) is 0 Å². The number of anilines is 1. The highest BCUT2D eigenvalue weighted by Gasteiger charge is 2.20. The van der Waals surface area contributed by atoms with E-state index >= 15 is 0 Å². The van der Waals surface area contributed by atoms with Crippen molar-refractivity contribution in [2.75, 3.05) is 18.5 Å². The van der Waals surface area contributed by atoms with Crippen molar-refractivity contribution in [1.82, 2.24) is 5.32 Å². The van der Waals surface area contributed by atoms with Crippen LogP contribution in [0.15, 0.2) is 18.2 Å². The predicted molar refractivity (Wildman–Crippen MR) is 76.6 cm³/mol. The van der Waals surface area contributed by atoms with Gasteiger partial charge in [-0.2, -0.15) is 0 Å². The predicted octanol–water partition coefficient (Wildman–Crippen LogP) is 2.47. The molecule has 4 heteroatoms. The van der Waals surface area contributed by atoms with Crippen molar-refractivity contribution in [3.63, 3.8) is 0 Å². The Labute approximate surface area is 114 Å². The van der Waals surface area contributed by atoms with Crippen LogP contribution in [-0.2, 0) is 4.79 Å². The smallest absolute Gasteiger partial charge is 0.225 e.